The van der Waals surface area contributed by atoms with Crippen molar-refractivity contribution in [3.05, 3.63) is 71.4 Å². The Morgan fingerprint density at radius 2 is 1.93 bits per heavy atom. The van der Waals surface area contributed by atoms with Crippen molar-refractivity contribution < 1.29 is 4.74 Å². The van der Waals surface area contributed by atoms with Gasteiger partial charge in [0.25, 0.3) is 5.56 Å². The number of pyridine rings is 1. The smallest absolute Gasteiger partial charge is 0.252 e. The Hall–Kier alpha value is -3.52. The van der Waals surface area contributed by atoms with E-state index in [1.54, 1.807) is 35.3 Å². The van der Waals surface area contributed by atoms with Crippen LogP contribution < -0.4 is 10.5 Å². The maximum Gasteiger partial charge on any atom is 0.252 e. The van der Waals surface area contributed by atoms with Gasteiger partial charge in [-0.2, -0.15) is 10.1 Å². The zero-order valence-corrected chi connectivity index (χ0v) is 16.9. The minimum atomic E-state index is -0.110. The second-order valence-corrected chi connectivity index (χ2v) is 6.87. The maximum atomic E-state index is 12.6. The molecule has 0 saturated carbocycles. The monoisotopic (exact) mass is 404 g/mol. The first kappa shape index (κ1) is 19.8. The topological polar surface area (TPSA) is 88.9 Å². The standard InChI is InChI=1S/C22H24N6O2/c1-2-3-12-30-13-11-27-20(29)10-9-17-14-23-22(26-21(17)27)28(19-15-24-25-16-19)18-7-5-4-6-8-18/h4-10,14-16H,2-3,11-13H2,1H3,(H,24,25). The molecule has 0 aliphatic heterocycles. The van der Waals surface area contributed by atoms with E-state index in [9.17, 15) is 4.79 Å². The van der Waals surface area contributed by atoms with E-state index in [1.807, 2.05) is 35.2 Å². The number of anilines is 3. The SMILES string of the molecule is CCCCOCCn1c(=O)ccc2cnc(N(c3ccccc3)c3cn[nH]c3)nc21. The summed E-state index contributed by atoms with van der Waals surface area (Å²) in [6.45, 7) is 3.71. The summed E-state index contributed by atoms with van der Waals surface area (Å²) in [5.74, 6) is 0.460. The minimum absolute atomic E-state index is 0.110. The van der Waals surface area contributed by atoms with Crippen molar-refractivity contribution in [3.63, 3.8) is 0 Å². The molecule has 4 aromatic rings. The molecule has 8 nitrogen and oxygen atoms in total. The van der Waals surface area contributed by atoms with E-state index in [1.165, 1.54) is 0 Å². The highest BCUT2D eigenvalue weighted by atomic mass is 16.5. The van der Waals surface area contributed by atoms with Crippen LogP contribution in [0.1, 0.15) is 19.8 Å². The molecule has 3 aromatic heterocycles. The molecule has 0 atom stereocenters. The number of ether oxygens (including phenoxy) is 1. The number of H-pyrrole nitrogens is 1. The number of hydrogen-bond acceptors (Lipinski definition) is 6. The number of hydrogen-bond donors (Lipinski definition) is 1. The lowest BCUT2D eigenvalue weighted by Crippen LogP contribution is -2.23. The lowest BCUT2D eigenvalue weighted by molar-refractivity contribution is 0.123. The van der Waals surface area contributed by atoms with Gasteiger partial charge in [-0.1, -0.05) is 31.5 Å². The number of benzene rings is 1. The summed E-state index contributed by atoms with van der Waals surface area (Å²) in [5, 5.41) is 7.69. The molecule has 4 rings (SSSR count). The Labute approximate surface area is 174 Å². The molecule has 1 N–H and O–H groups in total. The van der Waals surface area contributed by atoms with Gasteiger partial charge in [0, 0.05) is 36.1 Å². The van der Waals surface area contributed by atoms with Crippen LogP contribution in [0.3, 0.4) is 0 Å². The summed E-state index contributed by atoms with van der Waals surface area (Å²) in [5.41, 5.74) is 2.16. The molecule has 30 heavy (non-hydrogen) atoms. The van der Waals surface area contributed by atoms with Crippen molar-refractivity contribution in [3.8, 4) is 0 Å². The van der Waals surface area contributed by atoms with E-state index in [0.717, 1.165) is 29.6 Å². The van der Waals surface area contributed by atoms with Crippen molar-refractivity contribution >= 4 is 28.4 Å². The second kappa shape index (κ2) is 9.32. The Morgan fingerprint density at radius 3 is 2.70 bits per heavy atom. The highest BCUT2D eigenvalue weighted by Crippen LogP contribution is 2.31. The fraction of sp³-hybridized carbons (Fsp3) is 0.273. The van der Waals surface area contributed by atoms with Crippen molar-refractivity contribution in [2.24, 2.45) is 0 Å². The zero-order valence-electron chi connectivity index (χ0n) is 16.9. The molecule has 0 amide bonds. The van der Waals surface area contributed by atoms with Crippen LogP contribution in [0.25, 0.3) is 11.0 Å². The van der Waals surface area contributed by atoms with Crippen LogP contribution in [0.2, 0.25) is 0 Å². The van der Waals surface area contributed by atoms with Crippen LogP contribution in [0.4, 0.5) is 17.3 Å². The second-order valence-electron chi connectivity index (χ2n) is 6.87. The number of fused-ring (bicyclic) bond motifs is 1. The van der Waals surface area contributed by atoms with E-state index in [2.05, 4.69) is 22.1 Å². The summed E-state index contributed by atoms with van der Waals surface area (Å²) in [6, 6.07) is 13.1. The van der Waals surface area contributed by atoms with Crippen molar-refractivity contribution in [2.75, 3.05) is 18.1 Å². The molecule has 0 aliphatic rings. The molecular weight excluding hydrogens is 380 g/mol. The molecule has 154 valence electrons. The van der Waals surface area contributed by atoms with E-state index >= 15 is 0 Å². The molecule has 0 spiro atoms. The van der Waals surface area contributed by atoms with E-state index in [0.29, 0.717) is 31.4 Å². The van der Waals surface area contributed by atoms with Gasteiger partial charge in [-0.3, -0.25) is 19.4 Å². The average molecular weight is 404 g/mol. The number of aromatic amines is 1. The third-order valence-corrected chi connectivity index (χ3v) is 4.77. The van der Waals surface area contributed by atoms with E-state index < -0.39 is 0 Å². The molecule has 3 heterocycles. The van der Waals surface area contributed by atoms with Gasteiger partial charge >= 0.3 is 0 Å². The average Bonchev–Trinajstić information content (AvgIpc) is 3.30. The first-order chi connectivity index (χ1) is 14.8. The van der Waals surface area contributed by atoms with Gasteiger partial charge in [-0.25, -0.2) is 4.98 Å². The van der Waals surface area contributed by atoms with Gasteiger partial charge in [0.2, 0.25) is 5.95 Å². The fourth-order valence-electron chi connectivity index (χ4n) is 3.21. The number of para-hydroxylation sites is 1. The molecule has 1 aromatic carbocycles. The van der Waals surface area contributed by atoms with Crippen LogP contribution in [0, 0.1) is 0 Å². The number of aromatic nitrogens is 5. The molecule has 0 aliphatic carbocycles. The van der Waals surface area contributed by atoms with Crippen molar-refractivity contribution in [1.82, 2.24) is 24.7 Å². The quantitative estimate of drug-likeness (QED) is 0.427. The largest absolute Gasteiger partial charge is 0.380 e. The normalized spacial score (nSPS) is 11.1. The molecule has 0 bridgehead atoms. The highest BCUT2D eigenvalue weighted by molar-refractivity contribution is 5.78. The van der Waals surface area contributed by atoms with Crippen LogP contribution in [-0.2, 0) is 11.3 Å². The summed E-state index contributed by atoms with van der Waals surface area (Å²) < 4.78 is 7.31. The molecule has 0 radical (unpaired) electrons. The Balaban J connectivity index is 1.74. The summed E-state index contributed by atoms with van der Waals surface area (Å²) in [7, 11) is 0. The van der Waals surface area contributed by atoms with Crippen LogP contribution in [0.15, 0.2) is 65.8 Å². The van der Waals surface area contributed by atoms with Gasteiger partial charge in [-0.15, -0.1) is 0 Å². The molecule has 0 fully saturated rings. The highest BCUT2D eigenvalue weighted by Gasteiger charge is 2.17. The fourth-order valence-corrected chi connectivity index (χ4v) is 3.21. The number of nitrogens with zero attached hydrogens (tertiary/aromatic N) is 5. The van der Waals surface area contributed by atoms with Gasteiger partial charge in [0.15, 0.2) is 0 Å². The van der Waals surface area contributed by atoms with Gasteiger partial charge in [0.05, 0.1) is 25.0 Å². The number of unbranched alkanes of at least 4 members (excludes halogenated alkanes) is 1. The summed E-state index contributed by atoms with van der Waals surface area (Å²) >= 11 is 0. The van der Waals surface area contributed by atoms with Crippen molar-refractivity contribution in [2.45, 2.75) is 26.3 Å². The Bertz CT molecular complexity index is 1140. The maximum absolute atomic E-state index is 12.6. The van der Waals surface area contributed by atoms with Gasteiger partial charge in [0.1, 0.15) is 5.65 Å². The molecular formula is C22H24N6O2. The first-order valence-electron chi connectivity index (χ1n) is 10.1. The molecule has 0 saturated heterocycles. The lowest BCUT2D eigenvalue weighted by atomic mass is 10.3. The number of rotatable bonds is 9. The summed E-state index contributed by atoms with van der Waals surface area (Å²) in [4.78, 5) is 23.8. The van der Waals surface area contributed by atoms with Crippen LogP contribution in [0.5, 0.6) is 0 Å². The van der Waals surface area contributed by atoms with Crippen LogP contribution in [-0.4, -0.2) is 37.9 Å². The predicted molar refractivity (Wildman–Crippen MR) is 116 cm³/mol. The predicted octanol–water partition coefficient (Wildman–Crippen LogP) is 3.80. The third-order valence-electron chi connectivity index (χ3n) is 4.77. The van der Waals surface area contributed by atoms with Crippen molar-refractivity contribution in [1.29, 1.82) is 0 Å². The number of nitrogens with one attached hydrogen (secondary N) is 1. The first-order valence-corrected chi connectivity index (χ1v) is 10.1. The molecule has 8 heteroatoms. The van der Waals surface area contributed by atoms with Gasteiger partial charge in [-0.05, 0) is 24.6 Å². The Kier molecular flexibility index (Phi) is 6.14. The lowest BCUT2D eigenvalue weighted by Gasteiger charge is -2.21. The molecule has 0 unspecified atom stereocenters. The Morgan fingerprint density at radius 1 is 1.07 bits per heavy atom. The zero-order chi connectivity index (χ0) is 20.8. The van der Waals surface area contributed by atoms with Gasteiger partial charge < -0.3 is 4.74 Å². The third kappa shape index (κ3) is 4.23. The minimum Gasteiger partial charge on any atom is -0.380 e. The van der Waals surface area contributed by atoms with Crippen LogP contribution >= 0.6 is 0 Å². The van der Waals surface area contributed by atoms with E-state index in [4.69, 9.17) is 9.72 Å². The van der Waals surface area contributed by atoms with E-state index in [-0.39, 0.29) is 5.56 Å². The summed E-state index contributed by atoms with van der Waals surface area (Å²) in [6.07, 6.45) is 7.31.